The quantitative estimate of drug-likeness (QED) is 0.482. The van der Waals surface area contributed by atoms with Gasteiger partial charge in [0.05, 0.1) is 11.2 Å². The number of hydrogen-bond acceptors (Lipinski definition) is 7. The highest BCUT2D eigenvalue weighted by atomic mass is 32.2. The number of ether oxygens (including phenoxy) is 1. The van der Waals surface area contributed by atoms with Gasteiger partial charge in [-0.1, -0.05) is 12.1 Å². The Morgan fingerprint density at radius 3 is 2.74 bits per heavy atom. The Balaban J connectivity index is 1.51. The predicted molar refractivity (Wildman–Crippen MR) is 129 cm³/mol. The third kappa shape index (κ3) is 5.08. The van der Waals surface area contributed by atoms with Gasteiger partial charge in [-0.25, -0.2) is 13.4 Å². The number of hydrogen-bond donors (Lipinski definition) is 2. The summed E-state index contributed by atoms with van der Waals surface area (Å²) in [6, 6.07) is 9.61. The Hall–Kier alpha value is -3.94. The summed E-state index contributed by atoms with van der Waals surface area (Å²) in [7, 11) is -3.64. The van der Waals surface area contributed by atoms with Gasteiger partial charge in [0.2, 0.25) is 5.91 Å². The van der Waals surface area contributed by atoms with Crippen molar-refractivity contribution in [2.24, 2.45) is 0 Å². The predicted octanol–water partition coefficient (Wildman–Crippen LogP) is 2.32. The van der Waals surface area contributed by atoms with Crippen LogP contribution in [-0.2, 0) is 33.0 Å². The number of carbonyl (C=O) groups excluding carboxylic acids is 2. The van der Waals surface area contributed by atoms with Crippen molar-refractivity contribution >= 4 is 27.5 Å². The van der Waals surface area contributed by atoms with Gasteiger partial charge in [0.1, 0.15) is 17.1 Å². The fourth-order valence-corrected chi connectivity index (χ4v) is 5.45. The van der Waals surface area contributed by atoms with E-state index in [-0.39, 0.29) is 23.6 Å². The maximum atomic E-state index is 13.5. The SMILES string of the molecule is CS(=O)(=O)CC(=O)Nc1c2c(nn1-c1ccccn1)C[C@]1(CCc3cc(OCC(F)(F)F)ccc31)NC2=O. The summed E-state index contributed by atoms with van der Waals surface area (Å²) in [4.78, 5) is 30.2. The van der Waals surface area contributed by atoms with E-state index in [9.17, 15) is 31.2 Å². The van der Waals surface area contributed by atoms with Crippen LogP contribution in [0, 0.1) is 0 Å². The highest BCUT2D eigenvalue weighted by Gasteiger charge is 2.47. The number of nitrogens with one attached hydrogen (secondary N) is 2. The second kappa shape index (κ2) is 9.11. The zero-order valence-electron chi connectivity index (χ0n) is 20.0. The fraction of sp³-hybridized carbons (Fsp3) is 0.333. The van der Waals surface area contributed by atoms with Crippen molar-refractivity contribution in [3.05, 3.63) is 65.0 Å². The summed E-state index contributed by atoms with van der Waals surface area (Å²) in [6.45, 7) is -1.41. The highest BCUT2D eigenvalue weighted by molar-refractivity contribution is 7.91. The molecule has 2 aliphatic rings. The van der Waals surface area contributed by atoms with E-state index < -0.39 is 45.7 Å². The number of amides is 2. The van der Waals surface area contributed by atoms with Gasteiger partial charge in [0, 0.05) is 18.9 Å². The molecule has 3 aromatic rings. The molecule has 2 aromatic heterocycles. The van der Waals surface area contributed by atoms with Crippen molar-refractivity contribution in [3.63, 3.8) is 0 Å². The van der Waals surface area contributed by atoms with Gasteiger partial charge < -0.3 is 15.4 Å². The van der Waals surface area contributed by atoms with Crippen molar-refractivity contribution in [2.75, 3.05) is 23.9 Å². The molecular formula is C24H22F3N5O5S. The average molecular weight is 550 g/mol. The third-order valence-corrected chi connectivity index (χ3v) is 7.13. The minimum atomic E-state index is -4.46. The van der Waals surface area contributed by atoms with Crippen LogP contribution >= 0.6 is 0 Å². The molecule has 0 saturated heterocycles. The molecule has 200 valence electrons. The van der Waals surface area contributed by atoms with Crippen molar-refractivity contribution in [1.82, 2.24) is 20.1 Å². The third-order valence-electron chi connectivity index (χ3n) is 6.34. The number of halogens is 3. The van der Waals surface area contributed by atoms with E-state index in [0.717, 1.165) is 17.4 Å². The Kier molecular flexibility index (Phi) is 6.16. The molecule has 14 heteroatoms. The highest BCUT2D eigenvalue weighted by Crippen LogP contribution is 2.44. The van der Waals surface area contributed by atoms with Crippen LogP contribution in [0.1, 0.15) is 33.6 Å². The molecule has 1 aliphatic heterocycles. The average Bonchev–Trinajstić information content (AvgIpc) is 3.35. The normalized spacial score (nSPS) is 18.6. The minimum Gasteiger partial charge on any atom is -0.484 e. The molecule has 1 spiro atoms. The van der Waals surface area contributed by atoms with Crippen LogP contribution in [0.2, 0.25) is 0 Å². The molecule has 10 nitrogen and oxygen atoms in total. The Morgan fingerprint density at radius 2 is 2.05 bits per heavy atom. The molecule has 3 heterocycles. The number of fused-ring (bicyclic) bond motifs is 3. The number of aromatic nitrogens is 3. The molecule has 0 radical (unpaired) electrons. The van der Waals surface area contributed by atoms with Gasteiger partial charge in [0.15, 0.2) is 28.1 Å². The van der Waals surface area contributed by atoms with Gasteiger partial charge in [-0.3, -0.25) is 9.59 Å². The van der Waals surface area contributed by atoms with Gasteiger partial charge in [-0.05, 0) is 48.2 Å². The Labute approximate surface area is 215 Å². The van der Waals surface area contributed by atoms with E-state index in [1.807, 2.05) is 0 Å². The molecule has 2 N–H and O–H groups in total. The molecular weight excluding hydrogens is 527 g/mol. The molecule has 2 amide bonds. The first kappa shape index (κ1) is 25.7. The summed E-state index contributed by atoms with van der Waals surface area (Å²) < 4.78 is 67.1. The standard InChI is InChI=1S/C24H22F3N5O5S/c1-38(35,36)12-19(33)29-21-20-17(31-32(21)18-4-2-3-9-28-18)11-23(30-22(20)34)8-7-14-10-15(5-6-16(14)23)37-13-24(25,26)27/h2-6,9-10H,7-8,11-13H2,1H3,(H,29,33)(H,30,34)/t23-/m0/s1. The molecule has 38 heavy (non-hydrogen) atoms. The molecule has 0 saturated carbocycles. The summed E-state index contributed by atoms with van der Waals surface area (Å²) in [5, 5.41) is 10.1. The second-order valence-electron chi connectivity index (χ2n) is 9.32. The second-order valence-corrected chi connectivity index (χ2v) is 11.5. The van der Waals surface area contributed by atoms with Crippen molar-refractivity contribution in [3.8, 4) is 11.6 Å². The molecule has 1 aromatic carbocycles. The maximum absolute atomic E-state index is 13.5. The van der Waals surface area contributed by atoms with Gasteiger partial charge in [-0.15, -0.1) is 0 Å². The monoisotopic (exact) mass is 549 g/mol. The lowest BCUT2D eigenvalue weighted by Crippen LogP contribution is -2.49. The van der Waals surface area contributed by atoms with Crippen LogP contribution in [0.4, 0.5) is 19.0 Å². The fourth-order valence-electron chi connectivity index (χ4n) is 4.90. The Morgan fingerprint density at radius 1 is 1.26 bits per heavy atom. The summed E-state index contributed by atoms with van der Waals surface area (Å²) in [6.07, 6.45) is -0.833. The first-order valence-electron chi connectivity index (χ1n) is 11.5. The number of nitrogens with zero attached hydrogens (tertiary/aromatic N) is 3. The molecule has 1 aliphatic carbocycles. The van der Waals surface area contributed by atoms with Crippen LogP contribution in [-0.4, -0.2) is 59.8 Å². The number of aryl methyl sites for hydroxylation is 1. The minimum absolute atomic E-state index is 0.00572. The number of sulfone groups is 1. The lowest BCUT2D eigenvalue weighted by atomic mass is 9.82. The van der Waals surface area contributed by atoms with Crippen LogP contribution in [0.5, 0.6) is 5.75 Å². The summed E-state index contributed by atoms with van der Waals surface area (Å²) in [5.41, 5.74) is 1.07. The van der Waals surface area contributed by atoms with Crippen molar-refractivity contribution < 1.29 is 35.9 Å². The largest absolute Gasteiger partial charge is 0.484 e. The van der Waals surface area contributed by atoms with Gasteiger partial charge in [-0.2, -0.15) is 23.0 Å². The smallest absolute Gasteiger partial charge is 0.422 e. The Bertz CT molecular complexity index is 1540. The molecule has 0 unspecified atom stereocenters. The van der Waals surface area contributed by atoms with E-state index in [1.54, 1.807) is 30.3 Å². The lowest BCUT2D eigenvalue weighted by molar-refractivity contribution is -0.153. The van der Waals surface area contributed by atoms with E-state index in [1.165, 1.54) is 16.9 Å². The maximum Gasteiger partial charge on any atom is 0.422 e. The number of benzene rings is 1. The zero-order valence-corrected chi connectivity index (χ0v) is 20.8. The van der Waals surface area contributed by atoms with E-state index >= 15 is 0 Å². The topological polar surface area (TPSA) is 132 Å². The van der Waals surface area contributed by atoms with E-state index in [4.69, 9.17) is 4.74 Å². The number of pyridine rings is 1. The number of rotatable bonds is 6. The molecule has 0 bridgehead atoms. The van der Waals surface area contributed by atoms with Gasteiger partial charge >= 0.3 is 6.18 Å². The van der Waals surface area contributed by atoms with Crippen LogP contribution in [0.3, 0.4) is 0 Å². The molecule has 0 fully saturated rings. The first-order valence-corrected chi connectivity index (χ1v) is 13.6. The molecule has 5 rings (SSSR count). The first-order chi connectivity index (χ1) is 17.8. The van der Waals surface area contributed by atoms with E-state index in [2.05, 4.69) is 20.7 Å². The molecule has 1 atom stereocenters. The number of carbonyl (C=O) groups is 2. The van der Waals surface area contributed by atoms with Crippen molar-refractivity contribution in [2.45, 2.75) is 31.0 Å². The zero-order chi connectivity index (χ0) is 27.3. The number of alkyl halides is 3. The van der Waals surface area contributed by atoms with Gasteiger partial charge in [0.25, 0.3) is 5.91 Å². The van der Waals surface area contributed by atoms with Crippen molar-refractivity contribution in [1.29, 1.82) is 0 Å². The lowest BCUT2D eigenvalue weighted by Gasteiger charge is -2.35. The van der Waals surface area contributed by atoms with Crippen LogP contribution in [0.25, 0.3) is 5.82 Å². The van der Waals surface area contributed by atoms with E-state index in [0.29, 0.717) is 24.4 Å². The summed E-state index contributed by atoms with van der Waals surface area (Å²) >= 11 is 0. The van der Waals surface area contributed by atoms with Crippen LogP contribution in [0.15, 0.2) is 42.6 Å². The number of anilines is 1. The van der Waals surface area contributed by atoms with Crippen LogP contribution < -0.4 is 15.4 Å². The summed E-state index contributed by atoms with van der Waals surface area (Å²) in [5.74, 6) is -1.78.